The van der Waals surface area contributed by atoms with E-state index >= 15 is 0 Å². The van der Waals surface area contributed by atoms with E-state index in [-0.39, 0.29) is 12.5 Å². The van der Waals surface area contributed by atoms with Crippen LogP contribution in [0, 0.1) is 5.92 Å². The normalized spacial score (nSPS) is 14.4. The first-order chi connectivity index (χ1) is 11.5. The van der Waals surface area contributed by atoms with Gasteiger partial charge in [0.25, 0.3) is 0 Å². The summed E-state index contributed by atoms with van der Waals surface area (Å²) in [5, 5.41) is 3.68. The topological polar surface area (TPSA) is 84.5 Å². The highest BCUT2D eigenvalue weighted by atomic mass is 35.5. The fourth-order valence-corrected chi connectivity index (χ4v) is 3.63. The van der Waals surface area contributed by atoms with Crippen molar-refractivity contribution in [3.05, 3.63) is 33.8 Å². The maximum atomic E-state index is 12.6. The summed E-state index contributed by atoms with van der Waals surface area (Å²) >= 11 is 12.1. The molecule has 0 aliphatic heterocycles. The van der Waals surface area contributed by atoms with Crippen LogP contribution in [0.1, 0.15) is 31.9 Å². The maximum Gasteiger partial charge on any atom is 0.238 e. The third kappa shape index (κ3) is 7.92. The molecule has 0 aliphatic carbocycles. The Morgan fingerprint density at radius 2 is 1.92 bits per heavy atom. The maximum absolute atomic E-state index is 12.6. The van der Waals surface area contributed by atoms with E-state index in [1.165, 1.54) is 7.11 Å². The van der Waals surface area contributed by atoms with Gasteiger partial charge < -0.3 is 10.1 Å². The highest BCUT2D eigenvalue weighted by Crippen LogP contribution is 2.26. The summed E-state index contributed by atoms with van der Waals surface area (Å²) in [6, 6.07) is 3.54. The van der Waals surface area contributed by atoms with Gasteiger partial charge >= 0.3 is 0 Å². The number of hydrogen-bond acceptors (Lipinski definition) is 4. The number of carbonyl (C=O) groups excluding carboxylic acids is 1. The van der Waals surface area contributed by atoms with Gasteiger partial charge in [-0.2, -0.15) is 0 Å². The number of sulfonamides is 1. The zero-order valence-electron chi connectivity index (χ0n) is 14.7. The Bertz CT molecular complexity index is 695. The van der Waals surface area contributed by atoms with Crippen molar-refractivity contribution in [2.24, 2.45) is 5.92 Å². The molecule has 142 valence electrons. The summed E-state index contributed by atoms with van der Waals surface area (Å²) in [5.41, 5.74) is 0.643. The smallest absolute Gasteiger partial charge is 0.238 e. The second-order valence-corrected chi connectivity index (χ2v) is 8.88. The van der Waals surface area contributed by atoms with Crippen LogP contribution in [0.2, 0.25) is 10.0 Å². The summed E-state index contributed by atoms with van der Waals surface area (Å²) in [4.78, 5) is 12.6. The number of carbonyl (C=O) groups is 1. The highest BCUT2D eigenvalue weighted by molar-refractivity contribution is 7.88. The lowest BCUT2D eigenvalue weighted by Crippen LogP contribution is -2.48. The van der Waals surface area contributed by atoms with Crippen molar-refractivity contribution in [2.45, 2.75) is 32.4 Å². The van der Waals surface area contributed by atoms with E-state index in [1.54, 1.807) is 18.2 Å². The SMILES string of the molecule is COCC(NC(=O)C(CC(C)C)NS(C)(=O)=O)c1ccc(Cl)cc1Cl. The minimum Gasteiger partial charge on any atom is -0.382 e. The second kappa shape index (κ2) is 9.73. The van der Waals surface area contributed by atoms with Crippen molar-refractivity contribution in [3.8, 4) is 0 Å². The molecule has 1 rings (SSSR count). The van der Waals surface area contributed by atoms with Crippen molar-refractivity contribution in [1.82, 2.24) is 10.0 Å². The standard InChI is InChI=1S/C16H24Cl2N2O4S/c1-10(2)7-14(20-25(4,22)23)16(21)19-15(9-24-3)12-6-5-11(17)8-13(12)18/h5-6,8,10,14-15,20H,7,9H2,1-4H3,(H,19,21). The zero-order chi connectivity index (χ0) is 19.2. The Morgan fingerprint density at radius 1 is 1.28 bits per heavy atom. The molecule has 1 aromatic carbocycles. The molecule has 0 radical (unpaired) electrons. The van der Waals surface area contributed by atoms with E-state index in [1.807, 2.05) is 13.8 Å². The van der Waals surface area contributed by atoms with Crippen LogP contribution in [-0.2, 0) is 19.6 Å². The summed E-state index contributed by atoms with van der Waals surface area (Å²) in [5.74, 6) is -0.308. The number of rotatable bonds is 9. The number of nitrogens with one attached hydrogen (secondary N) is 2. The molecular weight excluding hydrogens is 387 g/mol. The number of benzene rings is 1. The van der Waals surface area contributed by atoms with Gasteiger partial charge in [0, 0.05) is 17.2 Å². The molecule has 1 amide bonds. The molecule has 0 spiro atoms. The molecule has 25 heavy (non-hydrogen) atoms. The summed E-state index contributed by atoms with van der Waals surface area (Å²) in [6.07, 6.45) is 1.39. The average Bonchev–Trinajstić information content (AvgIpc) is 2.44. The highest BCUT2D eigenvalue weighted by Gasteiger charge is 2.26. The van der Waals surface area contributed by atoms with Gasteiger partial charge in [-0.05, 0) is 30.0 Å². The van der Waals surface area contributed by atoms with Crippen molar-refractivity contribution in [2.75, 3.05) is 20.0 Å². The lowest BCUT2D eigenvalue weighted by atomic mass is 10.0. The Balaban J connectivity index is 3.02. The molecule has 2 N–H and O–H groups in total. The summed E-state index contributed by atoms with van der Waals surface area (Å²) < 4.78 is 30.6. The van der Waals surface area contributed by atoms with Crippen molar-refractivity contribution < 1.29 is 17.9 Å². The molecule has 1 aromatic rings. The second-order valence-electron chi connectivity index (χ2n) is 6.25. The molecule has 2 atom stereocenters. The third-order valence-electron chi connectivity index (χ3n) is 3.37. The molecule has 6 nitrogen and oxygen atoms in total. The van der Waals surface area contributed by atoms with Crippen LogP contribution in [-0.4, -0.2) is 40.3 Å². The zero-order valence-corrected chi connectivity index (χ0v) is 17.0. The minimum atomic E-state index is -3.53. The first-order valence-corrected chi connectivity index (χ1v) is 10.4. The fraction of sp³-hybridized carbons (Fsp3) is 0.562. The number of hydrogen-bond donors (Lipinski definition) is 2. The lowest BCUT2D eigenvalue weighted by molar-refractivity contribution is -0.124. The van der Waals surface area contributed by atoms with Gasteiger partial charge in [0.15, 0.2) is 0 Å². The van der Waals surface area contributed by atoms with Gasteiger partial charge in [-0.25, -0.2) is 13.1 Å². The van der Waals surface area contributed by atoms with Crippen LogP contribution in [0.15, 0.2) is 18.2 Å². The van der Waals surface area contributed by atoms with Crippen LogP contribution in [0.25, 0.3) is 0 Å². The van der Waals surface area contributed by atoms with E-state index in [4.69, 9.17) is 27.9 Å². The van der Waals surface area contributed by atoms with Gasteiger partial charge in [0.05, 0.1) is 18.9 Å². The van der Waals surface area contributed by atoms with Crippen LogP contribution in [0.4, 0.5) is 0 Å². The molecule has 2 unspecified atom stereocenters. The first kappa shape index (κ1) is 22.2. The van der Waals surface area contributed by atoms with Crippen LogP contribution in [0.3, 0.4) is 0 Å². The lowest BCUT2D eigenvalue weighted by Gasteiger charge is -2.24. The number of halogens is 2. The van der Waals surface area contributed by atoms with Crippen molar-refractivity contribution >= 4 is 39.1 Å². The van der Waals surface area contributed by atoms with Crippen molar-refractivity contribution in [3.63, 3.8) is 0 Å². The molecule has 0 bridgehead atoms. The van der Waals surface area contributed by atoms with E-state index in [2.05, 4.69) is 10.0 Å². The van der Waals surface area contributed by atoms with E-state index in [0.717, 1.165) is 6.26 Å². The number of ether oxygens (including phenoxy) is 1. The molecule has 9 heteroatoms. The Kier molecular flexibility index (Phi) is 8.63. The molecule has 0 fully saturated rings. The van der Waals surface area contributed by atoms with Gasteiger partial charge in [-0.15, -0.1) is 0 Å². The predicted molar refractivity (Wildman–Crippen MR) is 100 cm³/mol. The van der Waals surface area contributed by atoms with Gasteiger partial charge in [-0.1, -0.05) is 43.1 Å². The summed E-state index contributed by atoms with van der Waals surface area (Å²) in [7, 11) is -2.02. The molecule has 0 saturated heterocycles. The van der Waals surface area contributed by atoms with Gasteiger partial charge in [-0.3, -0.25) is 4.79 Å². The quantitative estimate of drug-likeness (QED) is 0.655. The Morgan fingerprint density at radius 3 is 2.40 bits per heavy atom. The van der Waals surface area contributed by atoms with Gasteiger partial charge in [0.1, 0.15) is 6.04 Å². The molecule has 0 aromatic heterocycles. The third-order valence-corrected chi connectivity index (χ3v) is 4.64. The van der Waals surface area contributed by atoms with Gasteiger partial charge in [0.2, 0.25) is 15.9 Å². The summed E-state index contributed by atoms with van der Waals surface area (Å²) in [6.45, 7) is 4.00. The molecular formula is C16H24Cl2N2O4S. The van der Waals surface area contributed by atoms with Crippen molar-refractivity contribution in [1.29, 1.82) is 0 Å². The van der Waals surface area contributed by atoms with E-state index in [0.29, 0.717) is 22.0 Å². The molecule has 0 heterocycles. The monoisotopic (exact) mass is 410 g/mol. The van der Waals surface area contributed by atoms with Crippen LogP contribution >= 0.6 is 23.2 Å². The van der Waals surface area contributed by atoms with E-state index in [9.17, 15) is 13.2 Å². The largest absolute Gasteiger partial charge is 0.382 e. The number of methoxy groups -OCH3 is 1. The average molecular weight is 411 g/mol. The molecule has 0 saturated carbocycles. The Labute approximate surface area is 159 Å². The van der Waals surface area contributed by atoms with E-state index < -0.39 is 28.0 Å². The first-order valence-electron chi connectivity index (χ1n) is 7.75. The number of amides is 1. The fourth-order valence-electron chi connectivity index (χ4n) is 2.37. The van der Waals surface area contributed by atoms with Crippen LogP contribution < -0.4 is 10.0 Å². The molecule has 0 aliphatic rings. The Hall–Kier alpha value is -0.860. The van der Waals surface area contributed by atoms with Crippen LogP contribution in [0.5, 0.6) is 0 Å². The predicted octanol–water partition coefficient (Wildman–Crippen LogP) is 2.76. The minimum absolute atomic E-state index is 0.130.